The number of halogens is 1. The lowest BCUT2D eigenvalue weighted by Gasteiger charge is -2.29. The molecule has 7 heteroatoms. The van der Waals surface area contributed by atoms with E-state index in [9.17, 15) is 4.79 Å². The molecule has 1 saturated heterocycles. The first-order valence-electron chi connectivity index (χ1n) is 10.3. The van der Waals surface area contributed by atoms with E-state index in [4.69, 9.17) is 21.3 Å². The fraction of sp³-hybridized carbons (Fsp3) is 0.391. The van der Waals surface area contributed by atoms with Crippen LogP contribution in [-0.4, -0.2) is 40.1 Å². The molecule has 1 fully saturated rings. The van der Waals surface area contributed by atoms with Crippen LogP contribution in [0.3, 0.4) is 0 Å². The van der Waals surface area contributed by atoms with Crippen molar-refractivity contribution >= 4 is 34.2 Å². The SMILES string of the molecule is CC1CCN(Cc2nc3cc(NC(=O)COc4ccc(Cl)cc4)ccc3n2C)CC1. The first-order valence-corrected chi connectivity index (χ1v) is 10.7. The second-order valence-electron chi connectivity index (χ2n) is 8.04. The van der Waals surface area contributed by atoms with Gasteiger partial charge in [0.25, 0.3) is 5.91 Å². The number of nitrogens with one attached hydrogen (secondary N) is 1. The fourth-order valence-electron chi connectivity index (χ4n) is 3.77. The van der Waals surface area contributed by atoms with E-state index in [1.807, 2.05) is 18.2 Å². The third-order valence-electron chi connectivity index (χ3n) is 5.68. The van der Waals surface area contributed by atoms with Crippen LogP contribution in [0.4, 0.5) is 5.69 Å². The quantitative estimate of drug-likeness (QED) is 0.631. The Morgan fingerprint density at radius 2 is 1.93 bits per heavy atom. The number of nitrogens with zero attached hydrogens (tertiary/aromatic N) is 3. The molecule has 2 aromatic carbocycles. The van der Waals surface area contributed by atoms with E-state index in [0.29, 0.717) is 16.5 Å². The smallest absolute Gasteiger partial charge is 0.262 e. The molecule has 1 N–H and O–H groups in total. The summed E-state index contributed by atoms with van der Waals surface area (Å²) in [5.74, 6) is 2.25. The number of aryl methyl sites for hydroxylation is 1. The molecule has 1 aliphatic rings. The lowest BCUT2D eigenvalue weighted by molar-refractivity contribution is -0.118. The number of amides is 1. The molecule has 0 unspecified atom stereocenters. The normalized spacial score (nSPS) is 15.4. The molecule has 158 valence electrons. The van der Waals surface area contributed by atoms with Crippen molar-refractivity contribution in [3.8, 4) is 5.75 Å². The lowest BCUT2D eigenvalue weighted by atomic mass is 9.99. The first-order chi connectivity index (χ1) is 14.5. The highest BCUT2D eigenvalue weighted by molar-refractivity contribution is 6.30. The van der Waals surface area contributed by atoms with Crippen LogP contribution in [0, 0.1) is 5.92 Å². The second kappa shape index (κ2) is 9.06. The maximum absolute atomic E-state index is 12.3. The second-order valence-corrected chi connectivity index (χ2v) is 8.48. The van der Waals surface area contributed by atoms with Gasteiger partial charge in [-0.2, -0.15) is 0 Å². The molecular formula is C23H27ClN4O2. The van der Waals surface area contributed by atoms with Crippen molar-refractivity contribution in [2.75, 3.05) is 25.0 Å². The maximum atomic E-state index is 12.3. The maximum Gasteiger partial charge on any atom is 0.262 e. The van der Waals surface area contributed by atoms with E-state index >= 15 is 0 Å². The molecule has 0 atom stereocenters. The summed E-state index contributed by atoms with van der Waals surface area (Å²) in [6.45, 7) is 5.36. The third-order valence-corrected chi connectivity index (χ3v) is 5.93. The number of carbonyl (C=O) groups is 1. The number of anilines is 1. The summed E-state index contributed by atoms with van der Waals surface area (Å²) >= 11 is 5.86. The number of benzene rings is 2. The van der Waals surface area contributed by atoms with E-state index in [1.165, 1.54) is 12.8 Å². The Morgan fingerprint density at radius 3 is 2.67 bits per heavy atom. The third kappa shape index (κ3) is 4.94. The van der Waals surface area contributed by atoms with Crippen LogP contribution in [0.25, 0.3) is 11.0 Å². The van der Waals surface area contributed by atoms with Crippen molar-refractivity contribution in [1.29, 1.82) is 0 Å². The number of ether oxygens (including phenoxy) is 1. The molecule has 1 amide bonds. The van der Waals surface area contributed by atoms with Gasteiger partial charge in [0.2, 0.25) is 0 Å². The van der Waals surface area contributed by atoms with E-state index in [0.717, 1.165) is 42.4 Å². The minimum Gasteiger partial charge on any atom is -0.484 e. The zero-order valence-corrected chi connectivity index (χ0v) is 18.2. The number of hydrogen-bond acceptors (Lipinski definition) is 4. The minimum atomic E-state index is -0.220. The largest absolute Gasteiger partial charge is 0.484 e. The number of rotatable bonds is 6. The molecule has 1 aromatic heterocycles. The van der Waals surface area contributed by atoms with E-state index < -0.39 is 0 Å². The summed E-state index contributed by atoms with van der Waals surface area (Å²) in [6.07, 6.45) is 2.50. The summed E-state index contributed by atoms with van der Waals surface area (Å²) in [7, 11) is 2.05. The molecule has 0 bridgehead atoms. The Bertz CT molecular complexity index is 1020. The Kier molecular flexibility index (Phi) is 6.25. The van der Waals surface area contributed by atoms with Gasteiger partial charge in [0.15, 0.2) is 6.61 Å². The summed E-state index contributed by atoms with van der Waals surface area (Å²) in [6, 6.07) is 12.7. The molecule has 6 nitrogen and oxygen atoms in total. The molecule has 2 heterocycles. The predicted octanol–water partition coefficient (Wildman–Crippen LogP) is 4.48. The summed E-state index contributed by atoms with van der Waals surface area (Å²) in [5.41, 5.74) is 2.66. The van der Waals surface area contributed by atoms with Crippen LogP contribution in [0.15, 0.2) is 42.5 Å². The number of carbonyl (C=O) groups excluding carboxylic acids is 1. The van der Waals surface area contributed by atoms with Crippen molar-refractivity contribution in [3.05, 3.63) is 53.3 Å². The zero-order chi connectivity index (χ0) is 21.1. The van der Waals surface area contributed by atoms with Gasteiger partial charge in [0.05, 0.1) is 17.6 Å². The first kappa shape index (κ1) is 20.7. The van der Waals surface area contributed by atoms with Crippen LogP contribution >= 0.6 is 11.6 Å². The van der Waals surface area contributed by atoms with Crippen LogP contribution in [0.5, 0.6) is 5.75 Å². The highest BCUT2D eigenvalue weighted by atomic mass is 35.5. The number of aromatic nitrogens is 2. The molecule has 1 aliphatic heterocycles. The monoisotopic (exact) mass is 426 g/mol. The highest BCUT2D eigenvalue weighted by Gasteiger charge is 2.18. The number of hydrogen-bond donors (Lipinski definition) is 1. The Hall–Kier alpha value is -2.57. The number of likely N-dealkylation sites (tertiary alicyclic amines) is 1. The number of piperidine rings is 1. The van der Waals surface area contributed by atoms with Crippen LogP contribution in [0.1, 0.15) is 25.6 Å². The summed E-state index contributed by atoms with van der Waals surface area (Å²) < 4.78 is 7.64. The number of fused-ring (bicyclic) bond motifs is 1. The van der Waals surface area contributed by atoms with Gasteiger partial charge >= 0.3 is 0 Å². The average molecular weight is 427 g/mol. The Labute approximate surface area is 181 Å². The van der Waals surface area contributed by atoms with Gasteiger partial charge in [-0.05, 0) is 74.3 Å². The zero-order valence-electron chi connectivity index (χ0n) is 17.4. The molecule has 3 aromatic rings. The molecule has 0 radical (unpaired) electrons. The van der Waals surface area contributed by atoms with Gasteiger partial charge in [0, 0.05) is 17.8 Å². The van der Waals surface area contributed by atoms with Crippen molar-refractivity contribution < 1.29 is 9.53 Å². The van der Waals surface area contributed by atoms with Crippen molar-refractivity contribution in [2.24, 2.45) is 13.0 Å². The topological polar surface area (TPSA) is 59.4 Å². The van der Waals surface area contributed by atoms with Gasteiger partial charge in [0.1, 0.15) is 11.6 Å². The van der Waals surface area contributed by atoms with E-state index in [-0.39, 0.29) is 12.5 Å². The van der Waals surface area contributed by atoms with Crippen molar-refractivity contribution in [1.82, 2.24) is 14.5 Å². The molecule has 0 aliphatic carbocycles. The van der Waals surface area contributed by atoms with E-state index in [2.05, 4.69) is 28.8 Å². The van der Waals surface area contributed by atoms with Crippen LogP contribution in [0.2, 0.25) is 5.02 Å². The molecular weight excluding hydrogens is 400 g/mol. The summed E-state index contributed by atoms with van der Waals surface area (Å²) in [4.78, 5) is 19.5. The molecule has 30 heavy (non-hydrogen) atoms. The van der Waals surface area contributed by atoms with Crippen LogP contribution < -0.4 is 10.1 Å². The fourth-order valence-corrected chi connectivity index (χ4v) is 3.89. The van der Waals surface area contributed by atoms with E-state index in [1.54, 1.807) is 24.3 Å². The van der Waals surface area contributed by atoms with Crippen molar-refractivity contribution in [3.63, 3.8) is 0 Å². The molecule has 4 rings (SSSR count). The van der Waals surface area contributed by atoms with Gasteiger partial charge in [-0.1, -0.05) is 18.5 Å². The summed E-state index contributed by atoms with van der Waals surface area (Å²) in [5, 5.41) is 3.51. The van der Waals surface area contributed by atoms with Gasteiger partial charge < -0.3 is 14.6 Å². The predicted molar refractivity (Wildman–Crippen MR) is 120 cm³/mol. The standard InChI is InChI=1S/C23H27ClN4O2/c1-16-9-11-28(12-10-16)14-22-26-20-13-18(5-8-21(20)27(22)2)25-23(29)15-30-19-6-3-17(24)4-7-19/h3-8,13,16H,9-12,14-15H2,1-2H3,(H,25,29). The van der Waals surface area contributed by atoms with Gasteiger partial charge in [-0.25, -0.2) is 4.98 Å². The van der Waals surface area contributed by atoms with Crippen molar-refractivity contribution in [2.45, 2.75) is 26.3 Å². The number of imidazole rings is 1. The molecule has 0 spiro atoms. The van der Waals surface area contributed by atoms with Gasteiger partial charge in [-0.15, -0.1) is 0 Å². The van der Waals surface area contributed by atoms with Crippen LogP contribution in [-0.2, 0) is 18.4 Å². The minimum absolute atomic E-state index is 0.0689. The lowest BCUT2D eigenvalue weighted by Crippen LogP contribution is -2.33. The Morgan fingerprint density at radius 1 is 1.20 bits per heavy atom. The highest BCUT2D eigenvalue weighted by Crippen LogP contribution is 2.23. The average Bonchev–Trinajstić information content (AvgIpc) is 3.04. The molecule has 0 saturated carbocycles. The van der Waals surface area contributed by atoms with Gasteiger partial charge in [-0.3, -0.25) is 9.69 Å². The Balaban J connectivity index is 1.39.